The minimum Gasteiger partial charge on any atom is -0.503 e. The van der Waals surface area contributed by atoms with Gasteiger partial charge in [-0.25, -0.2) is 10.0 Å². The summed E-state index contributed by atoms with van der Waals surface area (Å²) in [5, 5.41) is 28.7. The normalized spacial score (nSPS) is 45.6. The van der Waals surface area contributed by atoms with E-state index in [1.54, 1.807) is 29.6 Å². The Morgan fingerprint density at radius 2 is 1.87 bits per heavy atom. The van der Waals surface area contributed by atoms with Crippen molar-refractivity contribution in [1.29, 1.82) is 0 Å². The molecule has 2 aromatic rings. The van der Waals surface area contributed by atoms with Gasteiger partial charge in [0.25, 0.3) is 11.8 Å². The van der Waals surface area contributed by atoms with E-state index in [1.165, 1.54) is 24.9 Å². The van der Waals surface area contributed by atoms with Crippen LogP contribution >= 0.6 is 0 Å². The van der Waals surface area contributed by atoms with E-state index in [0.29, 0.717) is 29.6 Å². The summed E-state index contributed by atoms with van der Waals surface area (Å²) in [6.07, 6.45) is 13.5. The van der Waals surface area contributed by atoms with Crippen molar-refractivity contribution >= 4 is 23.6 Å². The molecule has 10 rings (SSSR count). The van der Waals surface area contributed by atoms with Crippen LogP contribution in [-0.4, -0.2) is 61.3 Å². The summed E-state index contributed by atoms with van der Waals surface area (Å²) < 4.78 is 8.87. The summed E-state index contributed by atoms with van der Waals surface area (Å²) in [5.41, 5.74) is -0.144. The number of hydrogen-bond acceptors (Lipinski definition) is 8. The second-order valence-electron chi connectivity index (χ2n) is 19.7. The number of para-hydroxylation sites is 1. The smallest absolute Gasteiger partial charge is 0.296 e. The van der Waals surface area contributed by atoms with E-state index in [4.69, 9.17) is 14.6 Å². The third kappa shape index (κ3) is 3.40. The zero-order valence-corrected chi connectivity index (χ0v) is 32.6. The SMILES string of the molecule is C=CC(C)(C)[C@@]12C=C(O)C(=O)N3/C(=C/c4cn([C@@H]5C[C@@]6(O)O[C@H]7C[C@]6(C)[C@]6(C[C@]8(C)CCC(C)(C)[C@@H]8[C@@H]76)[C@@H]5C)cn4)C(=O)N[C@]31N(OC)c1ccccc12. The maximum Gasteiger partial charge on any atom is 0.296 e. The molecule has 5 heterocycles. The van der Waals surface area contributed by atoms with E-state index in [1.807, 2.05) is 44.3 Å². The van der Waals surface area contributed by atoms with Gasteiger partial charge in [0.05, 0.1) is 36.3 Å². The van der Waals surface area contributed by atoms with E-state index >= 15 is 0 Å². The largest absolute Gasteiger partial charge is 0.503 e. The molecule has 2 spiro atoms. The summed E-state index contributed by atoms with van der Waals surface area (Å²) in [6, 6.07) is 7.47. The number of anilines is 1. The van der Waals surface area contributed by atoms with Crippen LogP contribution in [0.25, 0.3) is 6.08 Å². The highest BCUT2D eigenvalue weighted by atomic mass is 16.7. The molecular weight excluding hydrogens is 683 g/mol. The molecule has 11 heteroatoms. The van der Waals surface area contributed by atoms with Gasteiger partial charge in [0, 0.05) is 29.5 Å². The van der Waals surface area contributed by atoms with E-state index < -0.39 is 40.0 Å². The number of hydrogen-bond donors (Lipinski definition) is 3. The van der Waals surface area contributed by atoms with E-state index in [0.717, 1.165) is 18.4 Å². The third-order valence-electron chi connectivity index (χ3n) is 17.0. The van der Waals surface area contributed by atoms with Gasteiger partial charge in [-0.15, -0.1) is 6.58 Å². The zero-order valence-electron chi connectivity index (χ0n) is 32.6. The van der Waals surface area contributed by atoms with E-state index in [9.17, 15) is 19.8 Å². The van der Waals surface area contributed by atoms with Gasteiger partial charge in [-0.05, 0) is 83.5 Å². The molecule has 8 aliphatic rings. The zero-order chi connectivity index (χ0) is 38.4. The third-order valence-corrected chi connectivity index (χ3v) is 17.0. The van der Waals surface area contributed by atoms with Crippen molar-refractivity contribution in [2.45, 2.75) is 110 Å². The maximum absolute atomic E-state index is 14.3. The molecule has 4 saturated carbocycles. The Bertz CT molecular complexity index is 2140. The van der Waals surface area contributed by atoms with Crippen molar-refractivity contribution in [3.63, 3.8) is 0 Å². The van der Waals surface area contributed by atoms with Gasteiger partial charge in [-0.2, -0.15) is 0 Å². The molecule has 11 nitrogen and oxygen atoms in total. The van der Waals surface area contributed by atoms with Crippen LogP contribution in [-0.2, 0) is 24.6 Å². The van der Waals surface area contributed by atoms with Crippen molar-refractivity contribution in [1.82, 2.24) is 19.8 Å². The molecule has 2 amide bonds. The number of ether oxygens (including phenoxy) is 1. The van der Waals surface area contributed by atoms with Gasteiger partial charge in [0.1, 0.15) is 5.70 Å². The number of rotatable bonds is 5. The molecule has 11 atom stereocenters. The van der Waals surface area contributed by atoms with Crippen LogP contribution in [0.2, 0.25) is 0 Å². The van der Waals surface area contributed by atoms with Crippen molar-refractivity contribution in [3.8, 4) is 0 Å². The average molecular weight is 736 g/mol. The Hall–Kier alpha value is -3.93. The van der Waals surface area contributed by atoms with Crippen LogP contribution in [0, 0.1) is 44.8 Å². The minimum atomic E-state index is -1.61. The van der Waals surface area contributed by atoms with Crippen molar-refractivity contribution in [2.75, 3.05) is 12.2 Å². The topological polar surface area (TPSA) is 129 Å². The standard InChI is InChI=1S/C43H53N5O6/c1-10-37(5,6)41-19-30(49)35(51)47-28(34(50)45-43(41,47)48(53-9)27-14-12-11-13-26(27)41)17-25-21-46(23-44-25)29-18-42(52)39(8)20-31(54-42)32-33-36(3,4)15-16-38(33,7)22-40(32,39)24(29)2/h10-14,17,19,21,23-24,29,31-33,49,52H,1,15-16,18,20,22H2,2-9H3,(H,45,50)/b28-17+/t24-,29-,31+,32-,33+,38+,39-,40-,41+,42-,43+/m1/s1. The summed E-state index contributed by atoms with van der Waals surface area (Å²) >= 11 is 0. The number of nitrogens with zero attached hydrogens (tertiary/aromatic N) is 4. The predicted molar refractivity (Wildman–Crippen MR) is 201 cm³/mol. The highest BCUT2D eigenvalue weighted by molar-refractivity contribution is 6.10. The number of fused-ring (bicyclic) bond motifs is 6. The average Bonchev–Trinajstić information content (AvgIpc) is 3.94. The lowest BCUT2D eigenvalue weighted by Gasteiger charge is -2.63. The summed E-state index contributed by atoms with van der Waals surface area (Å²) in [5.74, 6) is -3.46. The Kier molecular flexibility index (Phi) is 6.33. The Morgan fingerprint density at radius 3 is 2.59 bits per heavy atom. The van der Waals surface area contributed by atoms with E-state index in [2.05, 4.69) is 51.1 Å². The quantitative estimate of drug-likeness (QED) is 0.240. The van der Waals surface area contributed by atoms with E-state index in [-0.39, 0.29) is 45.4 Å². The lowest BCUT2D eigenvalue weighted by Crippen LogP contribution is -2.76. The molecule has 0 radical (unpaired) electrons. The number of carbonyl (C=O) groups excluding carboxylic acids is 2. The molecule has 1 aromatic carbocycles. The molecule has 2 saturated heterocycles. The lowest BCUT2D eigenvalue weighted by atomic mass is 9.47. The fraction of sp³-hybridized carbons (Fsp3) is 0.605. The molecule has 54 heavy (non-hydrogen) atoms. The number of benzene rings is 1. The molecule has 4 aliphatic heterocycles. The molecule has 6 fully saturated rings. The molecule has 1 aromatic heterocycles. The van der Waals surface area contributed by atoms with Crippen LogP contribution in [0.5, 0.6) is 0 Å². The first kappa shape index (κ1) is 34.6. The van der Waals surface area contributed by atoms with Crippen molar-refractivity contribution < 1.29 is 29.4 Å². The van der Waals surface area contributed by atoms with Gasteiger partial charge in [-0.3, -0.25) is 19.3 Å². The first-order chi connectivity index (χ1) is 25.3. The van der Waals surface area contributed by atoms with Gasteiger partial charge in [0.15, 0.2) is 11.5 Å². The molecule has 286 valence electrons. The summed E-state index contributed by atoms with van der Waals surface area (Å²) in [7, 11) is 1.50. The van der Waals surface area contributed by atoms with Crippen molar-refractivity contribution in [2.24, 2.45) is 44.8 Å². The number of nitrogens with one attached hydrogen (secondary N) is 1. The highest BCUT2D eigenvalue weighted by Gasteiger charge is 2.86. The number of carbonyl (C=O) groups is 2. The first-order valence-electron chi connectivity index (χ1n) is 19.6. The second kappa shape index (κ2) is 9.89. The number of aliphatic hydroxyl groups excluding tert-OH is 1. The molecule has 0 unspecified atom stereocenters. The van der Waals surface area contributed by atoms with Crippen LogP contribution in [0.3, 0.4) is 0 Å². The lowest BCUT2D eigenvalue weighted by molar-refractivity contribution is -0.347. The highest BCUT2D eigenvalue weighted by Crippen LogP contribution is 2.86. The number of allylic oxidation sites excluding steroid dienone is 1. The van der Waals surface area contributed by atoms with Gasteiger partial charge < -0.3 is 24.8 Å². The second-order valence-corrected chi connectivity index (χ2v) is 19.7. The summed E-state index contributed by atoms with van der Waals surface area (Å²) in [4.78, 5) is 40.8. The summed E-state index contributed by atoms with van der Waals surface area (Å²) in [6.45, 7) is 20.1. The number of hydroxylamine groups is 1. The fourth-order valence-corrected chi connectivity index (χ4v) is 14.9. The van der Waals surface area contributed by atoms with Crippen LogP contribution in [0.4, 0.5) is 5.69 Å². The Labute approximate surface area is 317 Å². The number of aromatic nitrogens is 2. The molecular formula is C43H53N5O6. The monoisotopic (exact) mass is 735 g/mol. The van der Waals surface area contributed by atoms with Crippen LogP contribution < -0.4 is 10.4 Å². The van der Waals surface area contributed by atoms with Crippen LogP contribution in [0.1, 0.15) is 97.9 Å². The minimum absolute atomic E-state index is 0.0327. The predicted octanol–water partition coefficient (Wildman–Crippen LogP) is 6.35. The number of amides is 2. The molecule has 4 aliphatic carbocycles. The Morgan fingerprint density at radius 1 is 1.13 bits per heavy atom. The number of aliphatic hydroxyl groups is 2. The van der Waals surface area contributed by atoms with Gasteiger partial charge in [-0.1, -0.05) is 72.7 Å². The fourth-order valence-electron chi connectivity index (χ4n) is 14.9. The van der Waals surface area contributed by atoms with Gasteiger partial charge >= 0.3 is 0 Å². The van der Waals surface area contributed by atoms with Gasteiger partial charge in [0.2, 0.25) is 5.79 Å². The molecule has 2 bridgehead atoms. The maximum atomic E-state index is 14.3. The first-order valence-corrected chi connectivity index (χ1v) is 19.6. The Balaban J connectivity index is 1.07. The van der Waals surface area contributed by atoms with Crippen molar-refractivity contribution in [3.05, 3.63) is 78.2 Å². The molecule has 3 N–H and O–H groups in total. The van der Waals surface area contributed by atoms with Crippen LogP contribution in [0.15, 0.2) is 67.0 Å². The number of imidazole rings is 1.